The van der Waals surface area contributed by atoms with Crippen LogP contribution in [0.25, 0.3) is 0 Å². The summed E-state index contributed by atoms with van der Waals surface area (Å²) in [5, 5.41) is 20.6. The number of aliphatic carboxylic acids is 1. The van der Waals surface area contributed by atoms with Gasteiger partial charge in [-0.05, 0) is 36.0 Å². The van der Waals surface area contributed by atoms with E-state index in [9.17, 15) is 32.7 Å². The molecule has 3 rings (SSSR count). The van der Waals surface area contributed by atoms with Crippen LogP contribution in [0.1, 0.15) is 41.9 Å². The largest absolute Gasteiger partial charge is 0.511 e. The van der Waals surface area contributed by atoms with Crippen LogP contribution in [0.15, 0.2) is 29.5 Å². The number of aliphatic hydroxyl groups excluding tert-OH is 1. The average molecular weight is 412 g/mol. The lowest BCUT2D eigenvalue weighted by Crippen LogP contribution is -2.43. The second-order valence-electron chi connectivity index (χ2n) is 7.07. The summed E-state index contributed by atoms with van der Waals surface area (Å²) in [6.45, 7) is -0.660. The SMILES string of the molecule is O=C(O)CNC(=O)C1=C(O)CCN(Cc2ccc(C(F)(F)F)c(C3CC3)c2)C1=O. The van der Waals surface area contributed by atoms with E-state index in [4.69, 9.17) is 5.11 Å². The van der Waals surface area contributed by atoms with Crippen molar-refractivity contribution in [1.29, 1.82) is 0 Å². The summed E-state index contributed by atoms with van der Waals surface area (Å²) in [7, 11) is 0. The molecule has 0 saturated heterocycles. The molecule has 10 heteroatoms. The molecule has 1 aliphatic carbocycles. The Labute approximate surface area is 163 Å². The molecule has 1 heterocycles. The molecule has 1 fully saturated rings. The van der Waals surface area contributed by atoms with Gasteiger partial charge in [-0.3, -0.25) is 14.4 Å². The van der Waals surface area contributed by atoms with Crippen molar-refractivity contribution in [3.8, 4) is 0 Å². The van der Waals surface area contributed by atoms with E-state index in [-0.39, 0.29) is 31.0 Å². The first kappa shape index (κ1) is 20.7. The zero-order valence-corrected chi connectivity index (χ0v) is 15.3. The van der Waals surface area contributed by atoms with Gasteiger partial charge in [0.1, 0.15) is 17.9 Å². The summed E-state index contributed by atoms with van der Waals surface area (Å²) in [4.78, 5) is 36.5. The van der Waals surface area contributed by atoms with Crippen molar-refractivity contribution in [3.05, 3.63) is 46.2 Å². The maximum absolute atomic E-state index is 13.2. The number of nitrogens with zero attached hydrogens (tertiary/aromatic N) is 1. The fourth-order valence-corrected chi connectivity index (χ4v) is 3.29. The smallest absolute Gasteiger partial charge is 0.416 e. The van der Waals surface area contributed by atoms with Crippen molar-refractivity contribution in [2.45, 2.75) is 37.9 Å². The predicted molar refractivity (Wildman–Crippen MR) is 93.8 cm³/mol. The van der Waals surface area contributed by atoms with E-state index in [1.54, 1.807) is 0 Å². The number of rotatable bonds is 6. The van der Waals surface area contributed by atoms with Gasteiger partial charge in [-0.2, -0.15) is 13.2 Å². The van der Waals surface area contributed by atoms with Gasteiger partial charge in [0.15, 0.2) is 0 Å². The monoisotopic (exact) mass is 412 g/mol. The van der Waals surface area contributed by atoms with Gasteiger partial charge in [0.25, 0.3) is 11.8 Å². The summed E-state index contributed by atoms with van der Waals surface area (Å²) >= 11 is 0. The van der Waals surface area contributed by atoms with Crippen molar-refractivity contribution in [1.82, 2.24) is 10.2 Å². The lowest BCUT2D eigenvalue weighted by atomic mass is 9.98. The Morgan fingerprint density at radius 3 is 2.52 bits per heavy atom. The van der Waals surface area contributed by atoms with Gasteiger partial charge in [-0.25, -0.2) is 0 Å². The highest BCUT2D eigenvalue weighted by Gasteiger charge is 2.38. The number of carbonyl (C=O) groups excluding carboxylic acids is 2. The first-order valence-corrected chi connectivity index (χ1v) is 8.99. The van der Waals surface area contributed by atoms with Gasteiger partial charge in [0.05, 0.1) is 5.56 Å². The maximum atomic E-state index is 13.2. The number of aliphatic hydroxyl groups is 1. The van der Waals surface area contributed by atoms with Crippen molar-refractivity contribution in [3.63, 3.8) is 0 Å². The molecule has 1 aromatic carbocycles. The van der Waals surface area contributed by atoms with E-state index in [1.165, 1.54) is 17.0 Å². The summed E-state index contributed by atoms with van der Waals surface area (Å²) in [6.07, 6.45) is -3.11. The molecule has 7 nitrogen and oxygen atoms in total. The number of alkyl halides is 3. The average Bonchev–Trinajstić information content (AvgIpc) is 3.46. The molecule has 1 saturated carbocycles. The quantitative estimate of drug-likeness (QED) is 0.622. The fraction of sp³-hybridized carbons (Fsp3) is 0.421. The molecule has 0 bridgehead atoms. The summed E-state index contributed by atoms with van der Waals surface area (Å²) in [6, 6.07) is 3.74. The van der Waals surface area contributed by atoms with E-state index in [1.807, 2.05) is 5.32 Å². The Kier molecular flexibility index (Phi) is 5.54. The summed E-state index contributed by atoms with van der Waals surface area (Å²) < 4.78 is 39.7. The molecule has 156 valence electrons. The van der Waals surface area contributed by atoms with Crippen LogP contribution in [-0.2, 0) is 27.1 Å². The van der Waals surface area contributed by atoms with Gasteiger partial charge in [0, 0.05) is 19.5 Å². The van der Waals surface area contributed by atoms with Crippen molar-refractivity contribution >= 4 is 17.8 Å². The van der Waals surface area contributed by atoms with Gasteiger partial charge in [0.2, 0.25) is 0 Å². The summed E-state index contributed by atoms with van der Waals surface area (Å²) in [5.41, 5.74) is -0.538. The Bertz CT molecular complexity index is 890. The molecule has 0 spiro atoms. The number of carboxylic acids is 1. The van der Waals surface area contributed by atoms with Crippen LogP contribution < -0.4 is 5.32 Å². The Morgan fingerprint density at radius 1 is 1.24 bits per heavy atom. The highest BCUT2D eigenvalue weighted by Crippen LogP contribution is 2.46. The molecular weight excluding hydrogens is 393 g/mol. The first-order valence-electron chi connectivity index (χ1n) is 8.99. The molecule has 0 radical (unpaired) electrons. The Balaban J connectivity index is 1.79. The number of hydrogen-bond donors (Lipinski definition) is 3. The van der Waals surface area contributed by atoms with Gasteiger partial charge in [-0.15, -0.1) is 0 Å². The molecule has 3 N–H and O–H groups in total. The van der Waals surface area contributed by atoms with E-state index in [0.29, 0.717) is 18.4 Å². The second-order valence-corrected chi connectivity index (χ2v) is 7.07. The standard InChI is InChI=1S/C19H19F3N2O5/c20-19(21,22)13-4-1-10(7-12(13)11-2-3-11)9-24-6-5-14(25)16(18(24)29)17(28)23-8-15(26)27/h1,4,7,11,25H,2-3,5-6,8-9H2,(H,23,28)(H,26,27). The Morgan fingerprint density at radius 2 is 1.93 bits per heavy atom. The second kappa shape index (κ2) is 7.76. The van der Waals surface area contributed by atoms with Crippen molar-refractivity contribution in [2.24, 2.45) is 0 Å². The lowest BCUT2D eigenvalue weighted by Gasteiger charge is -2.28. The molecule has 2 aliphatic rings. The third-order valence-electron chi connectivity index (χ3n) is 4.85. The van der Waals surface area contributed by atoms with Crippen LogP contribution in [0.5, 0.6) is 0 Å². The third kappa shape index (κ3) is 4.69. The van der Waals surface area contributed by atoms with Gasteiger partial charge >= 0.3 is 12.1 Å². The molecule has 0 aromatic heterocycles. The lowest BCUT2D eigenvalue weighted by molar-refractivity contribution is -0.138. The topological polar surface area (TPSA) is 107 Å². The van der Waals surface area contributed by atoms with Crippen LogP contribution in [0.2, 0.25) is 0 Å². The molecule has 0 unspecified atom stereocenters. The molecule has 29 heavy (non-hydrogen) atoms. The number of benzene rings is 1. The molecule has 2 amide bonds. The van der Waals surface area contributed by atoms with Crippen LogP contribution in [-0.4, -0.2) is 46.0 Å². The predicted octanol–water partition coefficient (Wildman–Crippen LogP) is 2.33. The van der Waals surface area contributed by atoms with Crippen molar-refractivity contribution in [2.75, 3.05) is 13.1 Å². The number of amides is 2. The third-order valence-corrected chi connectivity index (χ3v) is 4.85. The highest BCUT2D eigenvalue weighted by molar-refractivity contribution is 6.19. The van der Waals surface area contributed by atoms with E-state index in [0.717, 1.165) is 6.07 Å². The number of carboxylic acid groups (broad SMARTS) is 1. The zero-order chi connectivity index (χ0) is 21.3. The highest BCUT2D eigenvalue weighted by atomic mass is 19.4. The van der Waals surface area contributed by atoms with E-state index >= 15 is 0 Å². The minimum absolute atomic E-state index is 0.0162. The maximum Gasteiger partial charge on any atom is 0.416 e. The molecule has 0 atom stereocenters. The number of hydrogen-bond acceptors (Lipinski definition) is 4. The Hall–Kier alpha value is -3.04. The van der Waals surface area contributed by atoms with Gasteiger partial charge < -0.3 is 20.4 Å². The van der Waals surface area contributed by atoms with Gasteiger partial charge in [-0.1, -0.05) is 12.1 Å². The normalized spacial score (nSPS) is 17.5. The van der Waals surface area contributed by atoms with E-state index in [2.05, 4.69) is 0 Å². The van der Waals surface area contributed by atoms with Crippen LogP contribution in [0.4, 0.5) is 13.2 Å². The van der Waals surface area contributed by atoms with Crippen molar-refractivity contribution < 1.29 is 37.8 Å². The number of nitrogens with one attached hydrogen (secondary N) is 1. The van der Waals surface area contributed by atoms with Crippen LogP contribution in [0.3, 0.4) is 0 Å². The first-order chi connectivity index (χ1) is 13.6. The molecule has 1 aliphatic heterocycles. The molecule has 1 aromatic rings. The fourth-order valence-electron chi connectivity index (χ4n) is 3.29. The minimum atomic E-state index is -4.46. The van der Waals surface area contributed by atoms with Crippen LogP contribution in [0, 0.1) is 0 Å². The van der Waals surface area contributed by atoms with E-state index < -0.39 is 47.4 Å². The molecular formula is C19H19F3N2O5. The zero-order valence-electron chi connectivity index (χ0n) is 15.3. The number of carbonyl (C=O) groups is 3. The number of halogens is 3. The minimum Gasteiger partial charge on any atom is -0.511 e. The van der Waals surface area contributed by atoms with Crippen LogP contribution >= 0.6 is 0 Å². The summed E-state index contributed by atoms with van der Waals surface area (Å²) in [5.74, 6) is -3.71.